The van der Waals surface area contributed by atoms with Gasteiger partial charge in [-0.15, -0.1) is 0 Å². The normalized spacial score (nSPS) is 18.3. The number of nitrogens with zero attached hydrogens (tertiary/aromatic N) is 4. The molecular weight excluding hydrogens is 304 g/mol. The van der Waals surface area contributed by atoms with Gasteiger partial charge >= 0.3 is 0 Å². The Morgan fingerprint density at radius 1 is 1.40 bits per heavy atom. The highest BCUT2D eigenvalue weighted by atomic mass is 35.5. The van der Waals surface area contributed by atoms with Crippen LogP contribution in [0.3, 0.4) is 0 Å². The molecule has 0 aliphatic carbocycles. The molecule has 2 rings (SSSR count). The lowest BCUT2D eigenvalue weighted by molar-refractivity contribution is 0.163. The number of hydrogen-bond donors (Lipinski definition) is 0. The maximum atomic E-state index is 12.0. The summed E-state index contributed by atoms with van der Waals surface area (Å²) in [4.78, 5) is 6.21. The first-order valence-electron chi connectivity index (χ1n) is 6.19. The molecule has 1 fully saturated rings. The Kier molecular flexibility index (Phi) is 4.79. The van der Waals surface area contributed by atoms with E-state index in [-0.39, 0.29) is 10.8 Å². The Labute approximate surface area is 123 Å². The zero-order valence-electron chi connectivity index (χ0n) is 11.2. The number of aromatic nitrogens is 2. The molecule has 0 saturated carbocycles. The zero-order chi connectivity index (χ0) is 14.8. The van der Waals surface area contributed by atoms with Gasteiger partial charge in [0.1, 0.15) is 0 Å². The van der Waals surface area contributed by atoms with Crippen molar-refractivity contribution in [1.29, 1.82) is 0 Å². The van der Waals surface area contributed by atoms with E-state index >= 15 is 0 Å². The predicted molar refractivity (Wildman–Crippen MR) is 74.7 cm³/mol. The summed E-state index contributed by atoms with van der Waals surface area (Å²) in [5.41, 5.74) is 0. The van der Waals surface area contributed by atoms with Crippen LogP contribution in [0.25, 0.3) is 0 Å². The highest BCUT2D eigenvalue weighted by Gasteiger charge is 2.27. The van der Waals surface area contributed by atoms with Crippen LogP contribution in [0.5, 0.6) is 0 Å². The van der Waals surface area contributed by atoms with Crippen LogP contribution in [0.15, 0.2) is 16.1 Å². The minimum atomic E-state index is -3.35. The molecule has 0 aromatic carbocycles. The van der Waals surface area contributed by atoms with Crippen molar-refractivity contribution in [2.45, 2.75) is 13.5 Å². The van der Waals surface area contributed by atoms with Crippen molar-refractivity contribution in [2.75, 3.05) is 31.9 Å². The summed E-state index contributed by atoms with van der Waals surface area (Å²) < 4.78 is 30.5. The van der Waals surface area contributed by atoms with Crippen molar-refractivity contribution >= 4 is 21.6 Å². The van der Waals surface area contributed by atoms with Crippen LogP contribution in [0, 0.1) is 6.92 Å². The summed E-state index contributed by atoms with van der Waals surface area (Å²) in [5, 5.41) is 3.86. The Hall–Kier alpha value is -0.960. The van der Waals surface area contributed by atoms with Crippen LogP contribution in [0.4, 0.5) is 0 Å². The van der Waals surface area contributed by atoms with E-state index in [0.29, 0.717) is 44.4 Å². The van der Waals surface area contributed by atoms with E-state index in [0.717, 1.165) is 0 Å². The van der Waals surface area contributed by atoms with Gasteiger partial charge in [-0.05, 0) is 6.92 Å². The van der Waals surface area contributed by atoms with Gasteiger partial charge in [0.2, 0.25) is 15.9 Å². The maximum absolute atomic E-state index is 12.0. The third-order valence-corrected chi connectivity index (χ3v) is 5.15. The SMILES string of the molecule is C=C(Cl)CS(=O)(=O)N1CCN(Cc2nc(C)no2)CC1. The summed E-state index contributed by atoms with van der Waals surface area (Å²) >= 11 is 5.58. The van der Waals surface area contributed by atoms with Gasteiger partial charge in [-0.1, -0.05) is 23.3 Å². The van der Waals surface area contributed by atoms with Gasteiger partial charge in [-0.2, -0.15) is 9.29 Å². The fourth-order valence-electron chi connectivity index (χ4n) is 2.05. The first-order valence-corrected chi connectivity index (χ1v) is 8.18. The third kappa shape index (κ3) is 4.02. The van der Waals surface area contributed by atoms with E-state index in [2.05, 4.69) is 21.6 Å². The molecule has 1 saturated heterocycles. The number of piperazine rings is 1. The second kappa shape index (κ2) is 6.21. The first-order chi connectivity index (χ1) is 9.37. The molecule has 1 aliphatic heterocycles. The lowest BCUT2D eigenvalue weighted by Crippen LogP contribution is -2.48. The molecule has 1 aromatic rings. The van der Waals surface area contributed by atoms with Gasteiger partial charge in [0.05, 0.1) is 12.3 Å². The highest BCUT2D eigenvalue weighted by Crippen LogP contribution is 2.13. The van der Waals surface area contributed by atoms with Crippen LogP contribution in [-0.2, 0) is 16.6 Å². The Balaban J connectivity index is 1.87. The molecule has 1 aliphatic rings. The number of halogens is 1. The quantitative estimate of drug-likeness (QED) is 0.789. The average Bonchev–Trinajstić information content (AvgIpc) is 2.74. The lowest BCUT2D eigenvalue weighted by Gasteiger charge is -2.33. The molecule has 0 bridgehead atoms. The van der Waals surface area contributed by atoms with Gasteiger partial charge in [-0.3, -0.25) is 4.90 Å². The fraction of sp³-hybridized carbons (Fsp3) is 0.636. The second-order valence-electron chi connectivity index (χ2n) is 4.68. The average molecular weight is 321 g/mol. The van der Waals surface area contributed by atoms with E-state index in [1.165, 1.54) is 4.31 Å². The zero-order valence-corrected chi connectivity index (χ0v) is 12.8. The van der Waals surface area contributed by atoms with E-state index in [1.807, 2.05) is 0 Å². The van der Waals surface area contributed by atoms with Crippen LogP contribution in [0.2, 0.25) is 0 Å². The number of aryl methyl sites for hydroxylation is 1. The molecule has 0 radical (unpaired) electrons. The molecule has 1 aromatic heterocycles. The van der Waals surface area contributed by atoms with Gasteiger partial charge < -0.3 is 4.52 Å². The van der Waals surface area contributed by atoms with Crippen LogP contribution < -0.4 is 0 Å². The topological polar surface area (TPSA) is 79.5 Å². The van der Waals surface area contributed by atoms with Crippen molar-refractivity contribution < 1.29 is 12.9 Å². The molecule has 0 N–H and O–H groups in total. The van der Waals surface area contributed by atoms with Gasteiger partial charge in [0.15, 0.2) is 5.82 Å². The van der Waals surface area contributed by atoms with Crippen molar-refractivity contribution in [2.24, 2.45) is 0 Å². The number of hydrogen-bond acceptors (Lipinski definition) is 6. The van der Waals surface area contributed by atoms with Crippen molar-refractivity contribution in [3.05, 3.63) is 23.3 Å². The van der Waals surface area contributed by atoms with E-state index < -0.39 is 10.0 Å². The van der Waals surface area contributed by atoms with Crippen LogP contribution >= 0.6 is 11.6 Å². The molecule has 112 valence electrons. The Morgan fingerprint density at radius 3 is 2.55 bits per heavy atom. The molecule has 9 heteroatoms. The molecule has 0 unspecified atom stereocenters. The summed E-state index contributed by atoms with van der Waals surface area (Å²) in [6.45, 7) is 7.83. The minimum absolute atomic E-state index is 0.133. The highest BCUT2D eigenvalue weighted by molar-refractivity contribution is 7.89. The molecule has 0 atom stereocenters. The summed E-state index contributed by atoms with van der Waals surface area (Å²) in [6, 6.07) is 0. The van der Waals surface area contributed by atoms with Gasteiger partial charge in [0, 0.05) is 31.2 Å². The molecular formula is C11H17ClN4O3S. The predicted octanol–water partition coefficient (Wildman–Crippen LogP) is 0.578. The van der Waals surface area contributed by atoms with Crippen molar-refractivity contribution in [3.8, 4) is 0 Å². The monoisotopic (exact) mass is 320 g/mol. The van der Waals surface area contributed by atoms with E-state index in [1.54, 1.807) is 6.92 Å². The molecule has 0 amide bonds. The van der Waals surface area contributed by atoms with E-state index in [9.17, 15) is 8.42 Å². The molecule has 2 heterocycles. The van der Waals surface area contributed by atoms with Crippen molar-refractivity contribution in [3.63, 3.8) is 0 Å². The summed E-state index contributed by atoms with van der Waals surface area (Å²) in [7, 11) is -3.35. The standard InChI is InChI=1S/C11H17ClN4O3S/c1-9(12)8-20(17,18)16-5-3-15(4-6-16)7-11-13-10(2)14-19-11/h1,3-8H2,2H3. The smallest absolute Gasteiger partial charge is 0.240 e. The minimum Gasteiger partial charge on any atom is -0.338 e. The van der Waals surface area contributed by atoms with Gasteiger partial charge in [0.25, 0.3) is 0 Å². The lowest BCUT2D eigenvalue weighted by atomic mass is 10.3. The summed E-state index contributed by atoms with van der Waals surface area (Å²) in [6.07, 6.45) is 0. The molecule has 0 spiro atoms. The Bertz CT molecular complexity index is 578. The third-order valence-electron chi connectivity index (χ3n) is 2.99. The fourth-order valence-corrected chi connectivity index (χ4v) is 3.76. The molecule has 20 heavy (non-hydrogen) atoms. The number of sulfonamides is 1. The first kappa shape index (κ1) is 15.4. The maximum Gasteiger partial charge on any atom is 0.240 e. The Morgan fingerprint density at radius 2 is 2.05 bits per heavy atom. The number of rotatable bonds is 5. The van der Waals surface area contributed by atoms with Crippen LogP contribution in [-0.4, -0.2) is 59.7 Å². The largest absolute Gasteiger partial charge is 0.338 e. The van der Waals surface area contributed by atoms with Crippen molar-refractivity contribution in [1.82, 2.24) is 19.3 Å². The summed E-state index contributed by atoms with van der Waals surface area (Å²) in [5.74, 6) is 0.937. The molecule has 7 nitrogen and oxygen atoms in total. The van der Waals surface area contributed by atoms with E-state index in [4.69, 9.17) is 16.1 Å². The second-order valence-corrected chi connectivity index (χ2v) is 7.19. The van der Waals surface area contributed by atoms with Crippen LogP contribution in [0.1, 0.15) is 11.7 Å². The van der Waals surface area contributed by atoms with Gasteiger partial charge in [-0.25, -0.2) is 8.42 Å².